The Balaban J connectivity index is 1.82. The maximum atomic E-state index is 13.2. The number of nitrogens with zero attached hydrogens (tertiary/aromatic N) is 1. The summed E-state index contributed by atoms with van der Waals surface area (Å²) >= 11 is 1.55. The molecule has 1 aromatic heterocycles. The van der Waals surface area contributed by atoms with Crippen LogP contribution in [-0.4, -0.2) is 18.4 Å². The maximum absolute atomic E-state index is 13.2. The Hall–Kier alpha value is -3.18. The summed E-state index contributed by atoms with van der Waals surface area (Å²) in [7, 11) is 0. The number of ether oxygens (including phenoxy) is 1. The van der Waals surface area contributed by atoms with Crippen LogP contribution in [0.4, 0.5) is 5.69 Å². The first-order chi connectivity index (χ1) is 13.2. The highest BCUT2D eigenvalue weighted by molar-refractivity contribution is 7.11. The minimum absolute atomic E-state index is 0.317. The van der Waals surface area contributed by atoms with E-state index in [4.69, 9.17) is 4.74 Å². The van der Waals surface area contributed by atoms with Crippen molar-refractivity contribution in [3.05, 3.63) is 82.0 Å². The number of amides is 2. The van der Waals surface area contributed by atoms with Gasteiger partial charge < -0.3 is 4.74 Å². The Morgan fingerprint density at radius 1 is 0.926 bits per heavy atom. The number of thiophene rings is 1. The van der Waals surface area contributed by atoms with Gasteiger partial charge in [0.25, 0.3) is 11.8 Å². The number of imide groups is 1. The highest BCUT2D eigenvalue weighted by atomic mass is 32.1. The molecule has 1 aliphatic heterocycles. The molecule has 0 N–H and O–H groups in total. The van der Waals surface area contributed by atoms with Crippen LogP contribution in [0.25, 0.3) is 11.6 Å². The number of fused-ring (bicyclic) bond motifs is 1. The standard InChI is InChI=1S/C22H17NO3S/c1-2-26-16-11-9-15(10-12-16)23-21(24)19-8-4-3-7-18(19)20(22(23)25)14-17-6-5-13-27-17/h3-14H,2H2,1H3. The van der Waals surface area contributed by atoms with Gasteiger partial charge in [0.1, 0.15) is 5.75 Å². The molecule has 134 valence electrons. The summed E-state index contributed by atoms with van der Waals surface area (Å²) in [6, 6.07) is 18.1. The van der Waals surface area contributed by atoms with Gasteiger partial charge >= 0.3 is 0 Å². The summed E-state index contributed by atoms with van der Waals surface area (Å²) in [4.78, 5) is 28.5. The van der Waals surface area contributed by atoms with Crippen LogP contribution >= 0.6 is 11.3 Å². The Bertz CT molecular complexity index is 1020. The van der Waals surface area contributed by atoms with Crippen molar-refractivity contribution in [1.82, 2.24) is 0 Å². The third-order valence-electron chi connectivity index (χ3n) is 4.32. The second kappa shape index (κ2) is 7.21. The molecule has 0 unspecified atom stereocenters. The van der Waals surface area contributed by atoms with E-state index in [1.54, 1.807) is 41.7 Å². The SMILES string of the molecule is CCOc1ccc(N2C(=O)C(=Cc3cccs3)c3ccccc3C2=O)cc1. The van der Waals surface area contributed by atoms with E-state index in [2.05, 4.69) is 0 Å². The molecule has 2 heterocycles. The van der Waals surface area contributed by atoms with Gasteiger partial charge in [-0.25, -0.2) is 4.90 Å². The molecule has 2 amide bonds. The van der Waals surface area contributed by atoms with Gasteiger partial charge in [-0.3, -0.25) is 9.59 Å². The average Bonchev–Trinajstić information content (AvgIpc) is 3.20. The molecule has 2 aromatic carbocycles. The first kappa shape index (κ1) is 17.2. The number of hydrogen-bond donors (Lipinski definition) is 0. The molecular weight excluding hydrogens is 358 g/mol. The van der Waals surface area contributed by atoms with Gasteiger partial charge in [0.15, 0.2) is 0 Å². The van der Waals surface area contributed by atoms with Crippen molar-refractivity contribution in [2.24, 2.45) is 0 Å². The van der Waals surface area contributed by atoms with E-state index in [0.717, 1.165) is 4.88 Å². The lowest BCUT2D eigenvalue weighted by Gasteiger charge is -2.28. The van der Waals surface area contributed by atoms with Crippen molar-refractivity contribution in [2.45, 2.75) is 6.92 Å². The molecule has 0 bridgehead atoms. The summed E-state index contributed by atoms with van der Waals surface area (Å²) < 4.78 is 5.45. The highest BCUT2D eigenvalue weighted by Crippen LogP contribution is 2.34. The van der Waals surface area contributed by atoms with E-state index in [1.807, 2.05) is 48.7 Å². The fourth-order valence-corrected chi connectivity index (χ4v) is 3.76. The lowest BCUT2D eigenvalue weighted by Crippen LogP contribution is -2.41. The van der Waals surface area contributed by atoms with E-state index in [0.29, 0.717) is 34.7 Å². The van der Waals surface area contributed by atoms with Gasteiger partial charge in [0.2, 0.25) is 0 Å². The summed E-state index contributed by atoms with van der Waals surface area (Å²) in [5.41, 5.74) is 2.23. The highest BCUT2D eigenvalue weighted by Gasteiger charge is 2.35. The van der Waals surface area contributed by atoms with Crippen LogP contribution in [0, 0.1) is 0 Å². The van der Waals surface area contributed by atoms with Gasteiger partial charge in [0, 0.05) is 21.6 Å². The maximum Gasteiger partial charge on any atom is 0.266 e. The molecule has 27 heavy (non-hydrogen) atoms. The first-order valence-electron chi connectivity index (χ1n) is 8.65. The van der Waals surface area contributed by atoms with Crippen molar-refractivity contribution in [3.8, 4) is 5.75 Å². The zero-order chi connectivity index (χ0) is 18.8. The average molecular weight is 375 g/mol. The Morgan fingerprint density at radius 2 is 1.67 bits per heavy atom. The molecule has 3 aromatic rings. The fraction of sp³-hybridized carbons (Fsp3) is 0.0909. The number of rotatable bonds is 4. The number of hydrogen-bond acceptors (Lipinski definition) is 4. The van der Waals surface area contributed by atoms with Crippen molar-refractivity contribution in [2.75, 3.05) is 11.5 Å². The van der Waals surface area contributed by atoms with Crippen LogP contribution in [0.1, 0.15) is 27.7 Å². The number of benzene rings is 2. The number of carbonyl (C=O) groups excluding carboxylic acids is 2. The van der Waals surface area contributed by atoms with Gasteiger partial charge in [-0.2, -0.15) is 0 Å². The molecule has 0 spiro atoms. The molecule has 0 saturated carbocycles. The quantitative estimate of drug-likeness (QED) is 0.483. The van der Waals surface area contributed by atoms with Crippen molar-refractivity contribution >= 4 is 40.5 Å². The molecule has 4 rings (SSSR count). The summed E-state index contributed by atoms with van der Waals surface area (Å²) in [5.74, 6) is 0.0623. The zero-order valence-electron chi connectivity index (χ0n) is 14.7. The van der Waals surface area contributed by atoms with E-state index < -0.39 is 0 Å². The van der Waals surface area contributed by atoms with Crippen LogP contribution in [0.3, 0.4) is 0 Å². The summed E-state index contributed by atoms with van der Waals surface area (Å²) in [6.07, 6.45) is 1.85. The predicted octanol–water partition coefficient (Wildman–Crippen LogP) is 4.87. The zero-order valence-corrected chi connectivity index (χ0v) is 15.5. The predicted molar refractivity (Wildman–Crippen MR) is 108 cm³/mol. The van der Waals surface area contributed by atoms with E-state index in [-0.39, 0.29) is 11.8 Å². The smallest absolute Gasteiger partial charge is 0.266 e. The molecule has 4 nitrogen and oxygen atoms in total. The summed E-state index contributed by atoms with van der Waals surface area (Å²) in [5, 5.41) is 1.96. The monoisotopic (exact) mass is 375 g/mol. The van der Waals surface area contributed by atoms with Crippen LogP contribution in [0.15, 0.2) is 66.0 Å². The second-order valence-electron chi connectivity index (χ2n) is 5.99. The normalized spacial score (nSPS) is 15.1. The summed E-state index contributed by atoms with van der Waals surface area (Å²) in [6.45, 7) is 2.46. The van der Waals surface area contributed by atoms with E-state index >= 15 is 0 Å². The molecule has 0 radical (unpaired) electrons. The van der Waals surface area contributed by atoms with Crippen LogP contribution in [0.2, 0.25) is 0 Å². The molecular formula is C22H17NO3S. The molecule has 0 fully saturated rings. The largest absolute Gasteiger partial charge is 0.494 e. The minimum Gasteiger partial charge on any atom is -0.494 e. The third-order valence-corrected chi connectivity index (χ3v) is 5.14. The van der Waals surface area contributed by atoms with Gasteiger partial charge in [-0.05, 0) is 54.8 Å². The van der Waals surface area contributed by atoms with Gasteiger partial charge in [0.05, 0.1) is 12.3 Å². The van der Waals surface area contributed by atoms with Gasteiger partial charge in [-0.15, -0.1) is 11.3 Å². The molecule has 0 atom stereocenters. The molecule has 1 aliphatic rings. The van der Waals surface area contributed by atoms with Crippen molar-refractivity contribution in [1.29, 1.82) is 0 Å². The molecule has 5 heteroatoms. The topological polar surface area (TPSA) is 46.6 Å². The fourth-order valence-electron chi connectivity index (χ4n) is 3.10. The Morgan fingerprint density at radius 3 is 2.33 bits per heavy atom. The van der Waals surface area contributed by atoms with E-state index in [9.17, 15) is 9.59 Å². The van der Waals surface area contributed by atoms with E-state index in [1.165, 1.54) is 4.90 Å². The van der Waals surface area contributed by atoms with Crippen LogP contribution < -0.4 is 9.64 Å². The van der Waals surface area contributed by atoms with Gasteiger partial charge in [-0.1, -0.05) is 24.3 Å². The first-order valence-corrected chi connectivity index (χ1v) is 9.53. The Labute approximate surface area is 161 Å². The van der Waals surface area contributed by atoms with Crippen LogP contribution in [-0.2, 0) is 4.79 Å². The molecule has 0 saturated heterocycles. The van der Waals surface area contributed by atoms with Crippen LogP contribution in [0.5, 0.6) is 5.75 Å². The lowest BCUT2D eigenvalue weighted by molar-refractivity contribution is -0.112. The number of carbonyl (C=O) groups is 2. The Kier molecular flexibility index (Phi) is 4.60. The minimum atomic E-state index is -0.323. The lowest BCUT2D eigenvalue weighted by atomic mass is 9.92. The van der Waals surface area contributed by atoms with Crippen molar-refractivity contribution < 1.29 is 14.3 Å². The second-order valence-corrected chi connectivity index (χ2v) is 6.97. The number of anilines is 1. The third kappa shape index (κ3) is 3.17. The van der Waals surface area contributed by atoms with Crippen molar-refractivity contribution in [3.63, 3.8) is 0 Å². The molecule has 0 aliphatic carbocycles.